The summed E-state index contributed by atoms with van der Waals surface area (Å²) in [6, 6.07) is 19.7. The number of nitrogens with one attached hydrogen (secondary N) is 1. The zero-order valence-corrected chi connectivity index (χ0v) is 12.7. The minimum Gasteiger partial charge on any atom is -0.354 e. The molecule has 3 aromatic rings. The summed E-state index contributed by atoms with van der Waals surface area (Å²) >= 11 is 0. The summed E-state index contributed by atoms with van der Waals surface area (Å²) in [5.41, 5.74) is 2.71. The molecule has 2 aromatic carbocycles. The van der Waals surface area contributed by atoms with Crippen LogP contribution in [0.4, 0.5) is 0 Å². The van der Waals surface area contributed by atoms with Gasteiger partial charge in [-0.2, -0.15) is 5.26 Å². The van der Waals surface area contributed by atoms with E-state index in [0.29, 0.717) is 12.1 Å². The highest BCUT2D eigenvalue weighted by Crippen LogP contribution is 2.17. The third-order valence-electron chi connectivity index (χ3n) is 3.80. The number of carbonyl (C=O) groups excluding carboxylic acids is 1. The van der Waals surface area contributed by atoms with Gasteiger partial charge in [0.1, 0.15) is 6.54 Å². The van der Waals surface area contributed by atoms with Gasteiger partial charge in [0, 0.05) is 18.3 Å². The fourth-order valence-corrected chi connectivity index (χ4v) is 2.59. The van der Waals surface area contributed by atoms with E-state index in [4.69, 9.17) is 5.26 Å². The zero-order chi connectivity index (χ0) is 16.1. The molecule has 3 rings (SSSR count). The molecule has 0 unspecified atom stereocenters. The van der Waals surface area contributed by atoms with Gasteiger partial charge >= 0.3 is 0 Å². The van der Waals surface area contributed by atoms with Gasteiger partial charge in [0.2, 0.25) is 5.91 Å². The van der Waals surface area contributed by atoms with Crippen LogP contribution >= 0.6 is 0 Å². The lowest BCUT2D eigenvalue weighted by Gasteiger charge is -2.08. The Balaban J connectivity index is 1.61. The molecule has 4 nitrogen and oxygen atoms in total. The Morgan fingerprint density at radius 2 is 1.96 bits per heavy atom. The van der Waals surface area contributed by atoms with Crippen molar-refractivity contribution in [3.05, 3.63) is 71.9 Å². The maximum atomic E-state index is 12.1. The van der Waals surface area contributed by atoms with Gasteiger partial charge in [-0.3, -0.25) is 4.79 Å². The van der Waals surface area contributed by atoms with Crippen LogP contribution in [-0.2, 0) is 17.8 Å². The van der Waals surface area contributed by atoms with Crippen LogP contribution in [0.15, 0.2) is 60.8 Å². The Bertz CT molecular complexity index is 859. The quantitative estimate of drug-likeness (QED) is 0.788. The van der Waals surface area contributed by atoms with Crippen LogP contribution in [0, 0.1) is 11.3 Å². The van der Waals surface area contributed by atoms with E-state index in [2.05, 4.69) is 23.5 Å². The number of amides is 1. The lowest BCUT2D eigenvalue weighted by atomic mass is 10.1. The van der Waals surface area contributed by atoms with E-state index in [-0.39, 0.29) is 12.5 Å². The van der Waals surface area contributed by atoms with Crippen LogP contribution in [0.25, 0.3) is 10.9 Å². The molecule has 0 saturated carbocycles. The standard InChI is InChI=1S/C19H17N3O/c20-13-16-6-7-17-9-11-22(18(17)12-16)14-19(23)21-10-8-15-4-2-1-3-5-15/h1-7,9,11-12H,8,10,14H2,(H,21,23). The summed E-state index contributed by atoms with van der Waals surface area (Å²) in [5, 5.41) is 13.0. The third kappa shape index (κ3) is 3.58. The van der Waals surface area contributed by atoms with Crippen LogP contribution in [-0.4, -0.2) is 17.0 Å². The number of carbonyl (C=O) groups is 1. The molecule has 0 spiro atoms. The number of hydrogen-bond donors (Lipinski definition) is 1. The van der Waals surface area contributed by atoms with E-state index in [1.807, 2.05) is 47.2 Å². The molecule has 23 heavy (non-hydrogen) atoms. The Kier molecular flexibility index (Phi) is 4.39. The highest BCUT2D eigenvalue weighted by Gasteiger charge is 2.07. The minimum atomic E-state index is -0.0270. The van der Waals surface area contributed by atoms with Crippen LogP contribution in [0.5, 0.6) is 0 Å². The van der Waals surface area contributed by atoms with Crippen molar-refractivity contribution in [2.75, 3.05) is 6.54 Å². The van der Waals surface area contributed by atoms with E-state index in [0.717, 1.165) is 17.3 Å². The average molecular weight is 303 g/mol. The molecule has 1 amide bonds. The first kappa shape index (κ1) is 14.9. The maximum Gasteiger partial charge on any atom is 0.239 e. The molecule has 114 valence electrons. The van der Waals surface area contributed by atoms with Gasteiger partial charge in [-0.15, -0.1) is 0 Å². The van der Waals surface area contributed by atoms with E-state index in [9.17, 15) is 4.79 Å². The summed E-state index contributed by atoms with van der Waals surface area (Å²) in [4.78, 5) is 12.1. The van der Waals surface area contributed by atoms with Crippen LogP contribution < -0.4 is 5.32 Å². The fourth-order valence-electron chi connectivity index (χ4n) is 2.59. The van der Waals surface area contributed by atoms with Crippen molar-refractivity contribution in [3.8, 4) is 6.07 Å². The van der Waals surface area contributed by atoms with Crippen LogP contribution in [0.1, 0.15) is 11.1 Å². The summed E-state index contributed by atoms with van der Waals surface area (Å²) < 4.78 is 1.87. The summed E-state index contributed by atoms with van der Waals surface area (Å²) in [7, 11) is 0. The molecule has 0 aliphatic carbocycles. The lowest BCUT2D eigenvalue weighted by Crippen LogP contribution is -2.29. The molecule has 0 bridgehead atoms. The predicted molar refractivity (Wildman–Crippen MR) is 89.8 cm³/mol. The molecular weight excluding hydrogens is 286 g/mol. The number of rotatable bonds is 5. The first-order valence-corrected chi connectivity index (χ1v) is 7.56. The molecule has 1 N–H and O–H groups in total. The number of nitriles is 1. The molecule has 0 atom stereocenters. The fraction of sp³-hybridized carbons (Fsp3) is 0.158. The van der Waals surface area contributed by atoms with E-state index < -0.39 is 0 Å². The molecule has 4 heteroatoms. The first-order valence-electron chi connectivity index (χ1n) is 7.56. The topological polar surface area (TPSA) is 57.8 Å². The molecule has 0 aliphatic rings. The van der Waals surface area contributed by atoms with Gasteiger partial charge < -0.3 is 9.88 Å². The molecule has 0 fully saturated rings. The second kappa shape index (κ2) is 6.80. The van der Waals surface area contributed by atoms with Gasteiger partial charge in [-0.05, 0) is 35.6 Å². The minimum absolute atomic E-state index is 0.0270. The van der Waals surface area contributed by atoms with Crippen molar-refractivity contribution in [1.29, 1.82) is 5.26 Å². The number of benzene rings is 2. The van der Waals surface area contributed by atoms with Gasteiger partial charge in [0.25, 0.3) is 0 Å². The number of nitrogens with zero attached hydrogens (tertiary/aromatic N) is 2. The molecule has 0 aliphatic heterocycles. The van der Waals surface area contributed by atoms with Crippen molar-refractivity contribution in [1.82, 2.24) is 9.88 Å². The number of hydrogen-bond acceptors (Lipinski definition) is 2. The smallest absolute Gasteiger partial charge is 0.239 e. The Hall–Kier alpha value is -3.06. The normalized spacial score (nSPS) is 10.4. The van der Waals surface area contributed by atoms with Crippen molar-refractivity contribution >= 4 is 16.8 Å². The summed E-state index contributed by atoms with van der Waals surface area (Å²) in [6.45, 7) is 0.874. The van der Waals surface area contributed by atoms with E-state index >= 15 is 0 Å². The van der Waals surface area contributed by atoms with Crippen molar-refractivity contribution in [2.24, 2.45) is 0 Å². The maximum absolute atomic E-state index is 12.1. The van der Waals surface area contributed by atoms with Crippen molar-refractivity contribution in [3.63, 3.8) is 0 Å². The van der Waals surface area contributed by atoms with Gasteiger partial charge in [-0.25, -0.2) is 0 Å². The largest absolute Gasteiger partial charge is 0.354 e. The van der Waals surface area contributed by atoms with Crippen molar-refractivity contribution < 1.29 is 4.79 Å². The van der Waals surface area contributed by atoms with Gasteiger partial charge in [-0.1, -0.05) is 36.4 Å². The number of aromatic nitrogens is 1. The molecule has 0 saturated heterocycles. The molecule has 1 heterocycles. The average Bonchev–Trinajstić information content (AvgIpc) is 2.98. The molecular formula is C19H17N3O. The summed E-state index contributed by atoms with van der Waals surface area (Å²) in [5.74, 6) is -0.0270. The van der Waals surface area contributed by atoms with E-state index in [1.165, 1.54) is 5.56 Å². The Morgan fingerprint density at radius 3 is 2.74 bits per heavy atom. The van der Waals surface area contributed by atoms with E-state index in [1.54, 1.807) is 6.07 Å². The second-order valence-corrected chi connectivity index (χ2v) is 5.41. The van der Waals surface area contributed by atoms with Gasteiger partial charge in [0.05, 0.1) is 11.6 Å². The first-order chi connectivity index (χ1) is 11.3. The Morgan fingerprint density at radius 1 is 1.13 bits per heavy atom. The Labute approximate surface area is 135 Å². The molecule has 0 radical (unpaired) electrons. The molecule has 1 aromatic heterocycles. The van der Waals surface area contributed by atoms with Gasteiger partial charge in [0.15, 0.2) is 0 Å². The van der Waals surface area contributed by atoms with Crippen LogP contribution in [0.3, 0.4) is 0 Å². The second-order valence-electron chi connectivity index (χ2n) is 5.41. The highest BCUT2D eigenvalue weighted by atomic mass is 16.1. The third-order valence-corrected chi connectivity index (χ3v) is 3.80. The zero-order valence-electron chi connectivity index (χ0n) is 12.7. The van der Waals surface area contributed by atoms with Crippen molar-refractivity contribution in [2.45, 2.75) is 13.0 Å². The monoisotopic (exact) mass is 303 g/mol. The number of fused-ring (bicyclic) bond motifs is 1. The SMILES string of the molecule is N#Cc1ccc2ccn(CC(=O)NCCc3ccccc3)c2c1. The predicted octanol–water partition coefficient (Wildman–Crippen LogP) is 2.87. The lowest BCUT2D eigenvalue weighted by molar-refractivity contribution is -0.121. The highest BCUT2D eigenvalue weighted by molar-refractivity contribution is 5.84. The summed E-state index contributed by atoms with van der Waals surface area (Å²) in [6.07, 6.45) is 2.69. The van der Waals surface area contributed by atoms with Crippen LogP contribution in [0.2, 0.25) is 0 Å².